The molecular weight excluding hydrogens is 316 g/mol. The summed E-state index contributed by atoms with van der Waals surface area (Å²) in [7, 11) is 0. The van der Waals surface area contributed by atoms with E-state index in [1.807, 2.05) is 24.3 Å². The van der Waals surface area contributed by atoms with Gasteiger partial charge in [-0.3, -0.25) is 9.59 Å². The van der Waals surface area contributed by atoms with Crippen LogP contribution in [-0.4, -0.2) is 30.1 Å². The molecule has 1 aromatic carbocycles. The van der Waals surface area contributed by atoms with Gasteiger partial charge in [-0.1, -0.05) is 18.2 Å². The molecule has 0 aliphatic carbocycles. The van der Waals surface area contributed by atoms with Crippen LogP contribution in [0.25, 0.3) is 0 Å². The molecule has 1 aliphatic rings. The Kier molecular flexibility index (Phi) is 4.57. The number of fused-ring (bicyclic) bond motifs is 1. The van der Waals surface area contributed by atoms with Crippen molar-refractivity contribution in [2.45, 2.75) is 19.3 Å². The van der Waals surface area contributed by atoms with E-state index in [2.05, 4.69) is 10.3 Å². The first-order valence-corrected chi connectivity index (χ1v) is 8.18. The third-order valence-electron chi connectivity index (χ3n) is 3.43. The fourth-order valence-corrected chi connectivity index (χ4v) is 3.09. The minimum absolute atomic E-state index is 0.107. The van der Waals surface area contributed by atoms with Gasteiger partial charge in [0.15, 0.2) is 5.13 Å². The molecule has 1 amide bonds. The zero-order valence-electron chi connectivity index (χ0n) is 12.6. The molecule has 1 atom stereocenters. The number of nitrogens with one attached hydrogen (secondary N) is 1. The monoisotopic (exact) mass is 332 g/mol. The van der Waals surface area contributed by atoms with Crippen molar-refractivity contribution in [1.82, 2.24) is 4.98 Å². The number of rotatable bonds is 5. The molecule has 3 rings (SSSR count). The van der Waals surface area contributed by atoms with Crippen molar-refractivity contribution in [3.05, 3.63) is 40.9 Å². The number of amides is 1. The summed E-state index contributed by atoms with van der Waals surface area (Å²) in [6.45, 7) is 2.42. The van der Waals surface area contributed by atoms with Crippen LogP contribution in [-0.2, 0) is 20.7 Å². The molecule has 1 unspecified atom stereocenters. The summed E-state index contributed by atoms with van der Waals surface area (Å²) in [6, 6.07) is 7.50. The van der Waals surface area contributed by atoms with E-state index < -0.39 is 0 Å². The molecule has 0 radical (unpaired) electrons. The topological polar surface area (TPSA) is 77.5 Å². The van der Waals surface area contributed by atoms with Crippen LogP contribution in [0.4, 0.5) is 5.13 Å². The van der Waals surface area contributed by atoms with Gasteiger partial charge in [0.1, 0.15) is 18.3 Å². The lowest BCUT2D eigenvalue weighted by Gasteiger charge is -2.07. The maximum atomic E-state index is 12.4. The predicted octanol–water partition coefficient (Wildman–Crippen LogP) is 2.36. The van der Waals surface area contributed by atoms with Gasteiger partial charge in [0.05, 0.1) is 18.7 Å². The van der Waals surface area contributed by atoms with Crippen molar-refractivity contribution >= 4 is 28.3 Å². The maximum absolute atomic E-state index is 12.4. The normalized spacial score (nSPS) is 15.6. The second kappa shape index (κ2) is 6.78. The number of aromatic nitrogens is 1. The van der Waals surface area contributed by atoms with Gasteiger partial charge in [0.25, 0.3) is 0 Å². The second-order valence-corrected chi connectivity index (χ2v) is 5.87. The van der Waals surface area contributed by atoms with Gasteiger partial charge >= 0.3 is 5.97 Å². The van der Waals surface area contributed by atoms with Crippen LogP contribution in [0.3, 0.4) is 0 Å². The number of nitrogens with zero attached hydrogens (tertiary/aromatic N) is 1. The average Bonchev–Trinajstić information content (AvgIpc) is 3.14. The third kappa shape index (κ3) is 3.50. The number of thiazole rings is 1. The molecule has 0 bridgehead atoms. The highest BCUT2D eigenvalue weighted by Gasteiger charge is 2.30. The number of benzene rings is 1. The fourth-order valence-electron chi connectivity index (χ4n) is 2.38. The van der Waals surface area contributed by atoms with Gasteiger partial charge in [-0.2, -0.15) is 0 Å². The van der Waals surface area contributed by atoms with Gasteiger partial charge in [0.2, 0.25) is 5.91 Å². The van der Waals surface area contributed by atoms with E-state index in [0.717, 1.165) is 11.3 Å². The van der Waals surface area contributed by atoms with Crippen LogP contribution in [0.1, 0.15) is 24.1 Å². The zero-order chi connectivity index (χ0) is 16.2. The van der Waals surface area contributed by atoms with Crippen LogP contribution in [0, 0.1) is 0 Å². The van der Waals surface area contributed by atoms with Crippen LogP contribution >= 0.6 is 11.3 Å². The molecule has 0 spiro atoms. The molecule has 120 valence electrons. The molecule has 0 fully saturated rings. The Morgan fingerprint density at radius 3 is 3.09 bits per heavy atom. The number of carbonyl (C=O) groups excluding carboxylic acids is 2. The van der Waals surface area contributed by atoms with Crippen LogP contribution in [0.5, 0.6) is 5.75 Å². The summed E-state index contributed by atoms with van der Waals surface area (Å²) in [5, 5.41) is 5.00. The quantitative estimate of drug-likeness (QED) is 0.851. The van der Waals surface area contributed by atoms with Gasteiger partial charge in [-0.05, 0) is 13.0 Å². The minimum atomic E-state index is -0.344. The molecule has 6 nitrogen and oxygen atoms in total. The minimum Gasteiger partial charge on any atom is -0.492 e. The van der Waals surface area contributed by atoms with Crippen LogP contribution < -0.4 is 10.1 Å². The Hall–Kier alpha value is -2.41. The van der Waals surface area contributed by atoms with E-state index in [1.54, 1.807) is 12.3 Å². The lowest BCUT2D eigenvalue weighted by Crippen LogP contribution is -2.22. The van der Waals surface area contributed by atoms with Crippen molar-refractivity contribution < 1.29 is 19.1 Å². The number of carbonyl (C=O) groups is 2. The molecule has 2 heterocycles. The average molecular weight is 332 g/mol. The highest BCUT2D eigenvalue weighted by molar-refractivity contribution is 7.13. The Morgan fingerprint density at radius 1 is 1.43 bits per heavy atom. The number of hydrogen-bond donors (Lipinski definition) is 1. The van der Waals surface area contributed by atoms with Gasteiger partial charge in [0, 0.05) is 10.9 Å². The second-order valence-electron chi connectivity index (χ2n) is 5.02. The molecule has 1 aromatic heterocycles. The van der Waals surface area contributed by atoms with E-state index in [4.69, 9.17) is 9.47 Å². The Bertz CT molecular complexity index is 728. The van der Waals surface area contributed by atoms with E-state index in [-0.39, 0.29) is 24.2 Å². The first-order chi connectivity index (χ1) is 11.2. The summed E-state index contributed by atoms with van der Waals surface area (Å²) in [5.74, 6) is -0.0841. The van der Waals surface area contributed by atoms with Crippen molar-refractivity contribution in [3.63, 3.8) is 0 Å². The number of ether oxygens (including phenoxy) is 2. The molecule has 1 aliphatic heterocycles. The third-order valence-corrected chi connectivity index (χ3v) is 4.24. The van der Waals surface area contributed by atoms with Gasteiger partial charge < -0.3 is 14.8 Å². The van der Waals surface area contributed by atoms with Crippen LogP contribution in [0.2, 0.25) is 0 Å². The molecule has 0 saturated heterocycles. The largest absolute Gasteiger partial charge is 0.492 e. The summed E-state index contributed by atoms with van der Waals surface area (Å²) < 4.78 is 10.4. The van der Waals surface area contributed by atoms with Crippen molar-refractivity contribution in [2.24, 2.45) is 0 Å². The molecule has 7 heteroatoms. The number of anilines is 1. The van der Waals surface area contributed by atoms with Crippen LogP contribution in [0.15, 0.2) is 29.6 Å². The molecule has 1 N–H and O–H groups in total. The SMILES string of the molecule is CCOC(=O)Cc1csc(NC(=O)C2COc3ccccc32)n1. The Labute approximate surface area is 137 Å². The summed E-state index contributed by atoms with van der Waals surface area (Å²) in [4.78, 5) is 28.1. The van der Waals surface area contributed by atoms with E-state index in [9.17, 15) is 9.59 Å². The van der Waals surface area contributed by atoms with E-state index in [1.165, 1.54) is 11.3 Å². The lowest BCUT2D eigenvalue weighted by molar-refractivity contribution is -0.142. The molecule has 2 aromatic rings. The predicted molar refractivity (Wildman–Crippen MR) is 85.8 cm³/mol. The van der Waals surface area contributed by atoms with Crippen molar-refractivity contribution in [2.75, 3.05) is 18.5 Å². The highest BCUT2D eigenvalue weighted by atomic mass is 32.1. The van der Waals surface area contributed by atoms with E-state index in [0.29, 0.717) is 24.0 Å². The first kappa shape index (κ1) is 15.5. The van der Waals surface area contributed by atoms with Crippen molar-refractivity contribution in [1.29, 1.82) is 0 Å². The Balaban J connectivity index is 1.63. The fraction of sp³-hybridized carbons (Fsp3) is 0.312. The van der Waals surface area contributed by atoms with E-state index >= 15 is 0 Å². The van der Waals surface area contributed by atoms with Gasteiger partial charge in [-0.25, -0.2) is 4.98 Å². The number of hydrogen-bond acceptors (Lipinski definition) is 6. The highest BCUT2D eigenvalue weighted by Crippen LogP contribution is 2.34. The number of esters is 1. The maximum Gasteiger partial charge on any atom is 0.311 e. The van der Waals surface area contributed by atoms with Gasteiger partial charge in [-0.15, -0.1) is 11.3 Å². The summed E-state index contributed by atoms with van der Waals surface area (Å²) >= 11 is 1.29. The standard InChI is InChI=1S/C16H16N2O4S/c1-2-21-14(19)7-10-9-23-16(17-10)18-15(20)12-8-22-13-6-4-3-5-11(12)13/h3-6,9,12H,2,7-8H2,1H3,(H,17,18,20). The molecular formula is C16H16N2O4S. The molecule has 23 heavy (non-hydrogen) atoms. The lowest BCUT2D eigenvalue weighted by atomic mass is 10.0. The summed E-state index contributed by atoms with van der Waals surface area (Å²) in [6.07, 6.45) is 0.107. The number of para-hydroxylation sites is 1. The first-order valence-electron chi connectivity index (χ1n) is 7.30. The van der Waals surface area contributed by atoms with Crippen molar-refractivity contribution in [3.8, 4) is 5.75 Å². The molecule has 0 saturated carbocycles. The smallest absolute Gasteiger partial charge is 0.311 e. The zero-order valence-corrected chi connectivity index (χ0v) is 13.4. The Morgan fingerprint density at radius 2 is 2.26 bits per heavy atom. The summed E-state index contributed by atoms with van der Waals surface area (Å²) in [5.41, 5.74) is 1.47.